The lowest BCUT2D eigenvalue weighted by atomic mass is 9.77. The van der Waals surface area contributed by atoms with Crippen LogP contribution in [0.2, 0.25) is 0 Å². The summed E-state index contributed by atoms with van der Waals surface area (Å²) >= 11 is 6.06. The summed E-state index contributed by atoms with van der Waals surface area (Å²) in [5, 5.41) is 24.3. The Labute approximate surface area is 402 Å². The molecule has 2 aromatic carbocycles. The Balaban J connectivity index is 0.000000144. The number of nitrogens with zero attached hydrogens (tertiary/aromatic N) is 5. The second-order valence-electron chi connectivity index (χ2n) is 18.4. The summed E-state index contributed by atoms with van der Waals surface area (Å²) < 4.78 is 5.52. The molecular formula is C49H58N8O5S4. The number of para-hydroxylation sites is 4. The van der Waals surface area contributed by atoms with Crippen molar-refractivity contribution in [1.82, 2.24) is 20.2 Å². The van der Waals surface area contributed by atoms with Crippen LogP contribution in [-0.2, 0) is 4.74 Å². The molecule has 348 valence electrons. The Morgan fingerprint density at radius 3 is 1.83 bits per heavy atom. The zero-order valence-electron chi connectivity index (χ0n) is 37.7. The number of carboxylic acids is 1. The van der Waals surface area contributed by atoms with E-state index in [1.165, 1.54) is 41.9 Å². The first-order chi connectivity index (χ1) is 31.8. The molecule has 2 amide bonds. The number of carbonyl (C=O) groups is 3. The molecule has 4 fully saturated rings. The van der Waals surface area contributed by atoms with Crippen LogP contribution in [0.3, 0.4) is 0 Å². The maximum Gasteiger partial charge on any atom is 0.410 e. The topological polar surface area (TPSA) is 166 Å². The fourth-order valence-electron chi connectivity index (χ4n) is 9.09. The molecule has 6 aromatic rings. The molecule has 10 rings (SSSR count). The van der Waals surface area contributed by atoms with Gasteiger partial charge in [-0.2, -0.15) is 0 Å². The van der Waals surface area contributed by atoms with E-state index in [9.17, 15) is 14.4 Å². The number of likely N-dealkylation sites (tertiary alicyclic amines) is 1. The number of rotatable bonds is 7. The number of thiophene rings is 2. The molecule has 0 radical (unpaired) electrons. The SMILES string of the molecule is CC(C)(C)OC(=O)N1CCC2(CCN(c3ccccc3N)CC2)C1.O=C(Nc1ccccc1N1CCC2(CCNC2)CC1)c1csc(-c2cccs2)n1.O=C(O)c1csc(-c2cccs2)n1. The quantitative estimate of drug-likeness (QED) is 0.113. The van der Waals surface area contributed by atoms with Gasteiger partial charge in [0.15, 0.2) is 5.69 Å². The maximum absolute atomic E-state index is 12.8. The number of nitrogens with two attached hydrogens (primary N) is 1. The molecule has 8 heterocycles. The van der Waals surface area contributed by atoms with Crippen LogP contribution in [0.25, 0.3) is 19.8 Å². The van der Waals surface area contributed by atoms with Gasteiger partial charge in [0.05, 0.1) is 32.5 Å². The normalized spacial score (nSPS) is 17.5. The first-order valence-corrected chi connectivity index (χ1v) is 26.0. The van der Waals surface area contributed by atoms with Crippen LogP contribution < -0.4 is 26.2 Å². The van der Waals surface area contributed by atoms with Crippen LogP contribution in [0.5, 0.6) is 0 Å². The van der Waals surface area contributed by atoms with Crippen molar-refractivity contribution in [3.63, 3.8) is 0 Å². The number of nitrogen functional groups attached to an aromatic ring is 1. The lowest BCUT2D eigenvalue weighted by molar-refractivity contribution is 0.0266. The van der Waals surface area contributed by atoms with Gasteiger partial charge in [-0.1, -0.05) is 36.4 Å². The number of carbonyl (C=O) groups excluding carboxylic acids is 2. The highest BCUT2D eigenvalue weighted by molar-refractivity contribution is 7.20. The van der Waals surface area contributed by atoms with Gasteiger partial charge in [0, 0.05) is 56.6 Å². The first-order valence-electron chi connectivity index (χ1n) is 22.4. The number of amides is 2. The fourth-order valence-corrected chi connectivity index (χ4v) is 12.3. The number of carboxylic acid groups (broad SMARTS) is 1. The van der Waals surface area contributed by atoms with Gasteiger partial charge in [0.1, 0.15) is 21.3 Å². The van der Waals surface area contributed by atoms with Crippen LogP contribution in [0.4, 0.5) is 27.5 Å². The number of nitrogens with one attached hydrogen (secondary N) is 2. The van der Waals surface area contributed by atoms with Crippen LogP contribution >= 0.6 is 45.3 Å². The third-order valence-corrected chi connectivity index (χ3v) is 16.5. The molecule has 66 heavy (non-hydrogen) atoms. The Morgan fingerprint density at radius 1 is 0.712 bits per heavy atom. The maximum atomic E-state index is 12.8. The zero-order chi connectivity index (χ0) is 46.3. The molecule has 0 saturated carbocycles. The van der Waals surface area contributed by atoms with Crippen molar-refractivity contribution < 1.29 is 24.2 Å². The van der Waals surface area contributed by atoms with Gasteiger partial charge in [0.25, 0.3) is 5.91 Å². The van der Waals surface area contributed by atoms with E-state index >= 15 is 0 Å². The molecule has 4 saturated heterocycles. The minimum atomic E-state index is -0.973. The Bertz CT molecular complexity index is 2540. The summed E-state index contributed by atoms with van der Waals surface area (Å²) in [5.41, 5.74) is 10.9. The third-order valence-electron chi connectivity index (χ3n) is 12.8. The number of hydrogen-bond acceptors (Lipinski definition) is 14. The number of anilines is 4. The standard InChI is InChI=1S/C22H24N4OS2.C19H29N3O2.C8H5NO2S2/c27-20(17-14-29-21(25-17)19-6-3-13-28-19)24-16-4-1-2-5-18(16)26-11-8-22(9-12-26)7-10-23-15-22;1-18(2,3)24-17(23)22-13-10-19(14-22)8-11-21(12-9-19)16-7-5-4-6-15(16)20;10-8(11)5-4-13-7(9-5)6-2-1-3-12-6/h1-6,13-14,23H,7-12,15H2,(H,24,27);4-7H,8-14,20H2,1-3H3;1-4H,(H,10,11). The highest BCUT2D eigenvalue weighted by Crippen LogP contribution is 2.43. The minimum Gasteiger partial charge on any atom is -0.476 e. The molecule has 4 aliphatic heterocycles. The number of hydrogen-bond donors (Lipinski definition) is 4. The number of aromatic carboxylic acids is 1. The van der Waals surface area contributed by atoms with Crippen molar-refractivity contribution in [1.29, 1.82) is 0 Å². The number of thiazole rings is 2. The molecular weight excluding hydrogens is 909 g/mol. The second-order valence-corrected chi connectivity index (χ2v) is 22.0. The highest BCUT2D eigenvalue weighted by atomic mass is 32.1. The summed E-state index contributed by atoms with van der Waals surface area (Å²) in [5.74, 6) is -1.12. The van der Waals surface area contributed by atoms with E-state index < -0.39 is 11.6 Å². The van der Waals surface area contributed by atoms with E-state index in [0.717, 1.165) is 114 Å². The van der Waals surface area contributed by atoms with E-state index in [0.29, 0.717) is 11.1 Å². The first kappa shape index (κ1) is 47.2. The largest absolute Gasteiger partial charge is 0.476 e. The van der Waals surface area contributed by atoms with Gasteiger partial charge in [-0.25, -0.2) is 19.6 Å². The van der Waals surface area contributed by atoms with E-state index in [4.69, 9.17) is 15.6 Å². The smallest absolute Gasteiger partial charge is 0.410 e. The predicted molar refractivity (Wildman–Crippen MR) is 271 cm³/mol. The van der Waals surface area contributed by atoms with E-state index in [1.54, 1.807) is 28.1 Å². The van der Waals surface area contributed by atoms with Crippen molar-refractivity contribution >= 4 is 86.1 Å². The van der Waals surface area contributed by atoms with Crippen LogP contribution in [-0.4, -0.2) is 95.9 Å². The molecule has 4 aliphatic rings. The molecule has 0 unspecified atom stereocenters. The van der Waals surface area contributed by atoms with Crippen LogP contribution in [0.15, 0.2) is 94.3 Å². The average Bonchev–Trinajstić information content (AvgIpc) is 4.17. The molecule has 13 nitrogen and oxygen atoms in total. The molecule has 5 N–H and O–H groups in total. The van der Waals surface area contributed by atoms with Crippen molar-refractivity contribution in [3.8, 4) is 19.8 Å². The van der Waals surface area contributed by atoms with E-state index in [-0.39, 0.29) is 23.1 Å². The van der Waals surface area contributed by atoms with Crippen molar-refractivity contribution in [2.75, 3.05) is 73.2 Å². The van der Waals surface area contributed by atoms with Crippen LogP contribution in [0, 0.1) is 10.8 Å². The summed E-state index contributed by atoms with van der Waals surface area (Å²) in [6.07, 6.45) is 6.80. The average molecular weight is 967 g/mol. The number of piperidine rings is 2. The summed E-state index contributed by atoms with van der Waals surface area (Å²) in [7, 11) is 0. The molecule has 2 spiro atoms. The Morgan fingerprint density at radius 2 is 1.27 bits per heavy atom. The highest BCUT2D eigenvalue weighted by Gasteiger charge is 2.43. The second kappa shape index (κ2) is 20.7. The van der Waals surface area contributed by atoms with Gasteiger partial charge >= 0.3 is 12.1 Å². The lowest BCUT2D eigenvalue weighted by Gasteiger charge is -2.40. The number of benzene rings is 2. The molecule has 17 heteroatoms. The van der Waals surface area contributed by atoms with Gasteiger partial charge in [-0.15, -0.1) is 45.3 Å². The van der Waals surface area contributed by atoms with E-state index in [1.807, 2.05) is 102 Å². The van der Waals surface area contributed by atoms with Gasteiger partial charge in [0.2, 0.25) is 0 Å². The van der Waals surface area contributed by atoms with Crippen molar-refractivity contribution in [2.24, 2.45) is 10.8 Å². The molecule has 4 aromatic heterocycles. The van der Waals surface area contributed by atoms with E-state index in [2.05, 4.69) is 42.5 Å². The fraction of sp³-hybridized carbons (Fsp3) is 0.408. The molecule has 0 atom stereocenters. The van der Waals surface area contributed by atoms with Gasteiger partial charge in [-0.3, -0.25) is 4.79 Å². The molecule has 0 bridgehead atoms. The lowest BCUT2D eigenvalue weighted by Crippen LogP contribution is -2.43. The Kier molecular flexibility index (Phi) is 14.8. The monoisotopic (exact) mass is 966 g/mol. The van der Waals surface area contributed by atoms with Crippen molar-refractivity contribution in [2.45, 2.75) is 64.9 Å². The summed E-state index contributed by atoms with van der Waals surface area (Å²) in [4.78, 5) is 53.0. The Hall–Kier alpha value is -5.33. The number of aromatic nitrogens is 2. The zero-order valence-corrected chi connectivity index (χ0v) is 40.9. The van der Waals surface area contributed by atoms with Gasteiger partial charge in [-0.05, 0) is 124 Å². The predicted octanol–water partition coefficient (Wildman–Crippen LogP) is 10.8. The number of ether oxygens (including phenoxy) is 1. The van der Waals surface area contributed by atoms with Gasteiger partial charge < -0.3 is 40.9 Å². The minimum absolute atomic E-state index is 0.119. The third kappa shape index (κ3) is 11.6. The molecule has 0 aliphatic carbocycles. The summed E-state index contributed by atoms with van der Waals surface area (Å²) in [6.45, 7) is 13.7. The van der Waals surface area contributed by atoms with Crippen LogP contribution in [0.1, 0.15) is 80.3 Å². The summed E-state index contributed by atoms with van der Waals surface area (Å²) in [6, 6.07) is 24.1. The van der Waals surface area contributed by atoms with Crippen molar-refractivity contribution in [3.05, 3.63) is 106 Å².